The topological polar surface area (TPSA) is 84.2 Å². The van der Waals surface area contributed by atoms with Crippen LogP contribution < -0.4 is 5.32 Å². The summed E-state index contributed by atoms with van der Waals surface area (Å²) in [7, 11) is 0. The lowest BCUT2D eigenvalue weighted by Crippen LogP contribution is -2.24. The standard InChI is InChI=1S/C17H20F3N3O3/c1-10(2)23-13-7-6-11(9-12(13)22-16(23)17(18,19)20)15(26)21-8-4-3-5-14(24)25/h6-7,9-10H,3-5,8H2,1-2H3,(H,21,26)(H,24,25). The first-order chi connectivity index (χ1) is 12.1. The first kappa shape index (κ1) is 19.7. The number of fused-ring (bicyclic) bond motifs is 1. The molecule has 9 heteroatoms. The number of rotatable bonds is 7. The highest BCUT2D eigenvalue weighted by Gasteiger charge is 2.38. The molecular weight excluding hydrogens is 351 g/mol. The quantitative estimate of drug-likeness (QED) is 0.728. The van der Waals surface area contributed by atoms with Gasteiger partial charge in [0.15, 0.2) is 0 Å². The van der Waals surface area contributed by atoms with Crippen LogP contribution in [0.25, 0.3) is 11.0 Å². The molecule has 6 nitrogen and oxygen atoms in total. The highest BCUT2D eigenvalue weighted by Crippen LogP contribution is 2.33. The molecule has 26 heavy (non-hydrogen) atoms. The molecule has 0 aliphatic heterocycles. The van der Waals surface area contributed by atoms with Crippen LogP contribution in [0.3, 0.4) is 0 Å². The van der Waals surface area contributed by atoms with E-state index >= 15 is 0 Å². The van der Waals surface area contributed by atoms with E-state index in [-0.39, 0.29) is 17.5 Å². The monoisotopic (exact) mass is 371 g/mol. The van der Waals surface area contributed by atoms with Gasteiger partial charge in [0.25, 0.3) is 5.91 Å². The molecule has 0 aliphatic carbocycles. The smallest absolute Gasteiger partial charge is 0.449 e. The van der Waals surface area contributed by atoms with Crippen molar-refractivity contribution in [1.29, 1.82) is 0 Å². The SMILES string of the molecule is CC(C)n1c(C(F)(F)F)nc2cc(C(=O)NCCCCC(=O)O)ccc21. The molecule has 1 aromatic heterocycles. The maximum absolute atomic E-state index is 13.2. The van der Waals surface area contributed by atoms with Crippen molar-refractivity contribution in [1.82, 2.24) is 14.9 Å². The van der Waals surface area contributed by atoms with Gasteiger partial charge in [-0.05, 0) is 44.9 Å². The number of hydrogen-bond donors (Lipinski definition) is 2. The number of carboxylic acid groups (broad SMARTS) is 1. The number of unbranched alkanes of at least 4 members (excludes halogenated alkanes) is 1. The third kappa shape index (κ3) is 4.53. The van der Waals surface area contributed by atoms with Crippen LogP contribution >= 0.6 is 0 Å². The number of benzene rings is 1. The highest BCUT2D eigenvalue weighted by molar-refractivity contribution is 5.97. The van der Waals surface area contributed by atoms with E-state index in [0.717, 1.165) is 4.57 Å². The number of halogens is 3. The summed E-state index contributed by atoms with van der Waals surface area (Å²) in [6.07, 6.45) is -3.63. The summed E-state index contributed by atoms with van der Waals surface area (Å²) in [5, 5.41) is 11.2. The fourth-order valence-corrected chi connectivity index (χ4v) is 2.67. The minimum absolute atomic E-state index is 0.0225. The van der Waals surface area contributed by atoms with Crippen LogP contribution in [0.5, 0.6) is 0 Å². The van der Waals surface area contributed by atoms with E-state index < -0.39 is 29.9 Å². The van der Waals surface area contributed by atoms with E-state index in [1.54, 1.807) is 13.8 Å². The maximum Gasteiger partial charge on any atom is 0.449 e. The van der Waals surface area contributed by atoms with Gasteiger partial charge < -0.3 is 15.0 Å². The van der Waals surface area contributed by atoms with E-state index in [9.17, 15) is 22.8 Å². The van der Waals surface area contributed by atoms with E-state index in [1.165, 1.54) is 18.2 Å². The summed E-state index contributed by atoms with van der Waals surface area (Å²) < 4.78 is 40.7. The lowest BCUT2D eigenvalue weighted by Gasteiger charge is -2.14. The minimum atomic E-state index is -4.59. The highest BCUT2D eigenvalue weighted by atomic mass is 19.4. The number of nitrogens with zero attached hydrogens (tertiary/aromatic N) is 2. The van der Waals surface area contributed by atoms with Crippen molar-refractivity contribution >= 4 is 22.9 Å². The molecule has 2 N–H and O–H groups in total. The summed E-state index contributed by atoms with van der Waals surface area (Å²) in [4.78, 5) is 26.2. The Hall–Kier alpha value is -2.58. The van der Waals surface area contributed by atoms with E-state index in [4.69, 9.17) is 5.11 Å². The molecule has 0 bridgehead atoms. The maximum atomic E-state index is 13.2. The third-order valence-corrected chi connectivity index (χ3v) is 3.82. The van der Waals surface area contributed by atoms with E-state index in [1.807, 2.05) is 0 Å². The molecule has 0 radical (unpaired) electrons. The number of imidazole rings is 1. The molecular formula is C17H20F3N3O3. The molecule has 0 spiro atoms. The molecule has 1 aromatic carbocycles. The van der Waals surface area contributed by atoms with Gasteiger partial charge in [-0.1, -0.05) is 0 Å². The van der Waals surface area contributed by atoms with Gasteiger partial charge in [-0.2, -0.15) is 13.2 Å². The lowest BCUT2D eigenvalue weighted by atomic mass is 10.1. The second-order valence-corrected chi connectivity index (χ2v) is 6.21. The molecule has 0 unspecified atom stereocenters. The summed E-state index contributed by atoms with van der Waals surface area (Å²) in [6.45, 7) is 3.56. The summed E-state index contributed by atoms with van der Waals surface area (Å²) in [5.74, 6) is -2.33. The zero-order valence-electron chi connectivity index (χ0n) is 14.4. The predicted molar refractivity (Wildman–Crippen MR) is 88.9 cm³/mol. The second-order valence-electron chi connectivity index (χ2n) is 6.21. The van der Waals surface area contributed by atoms with Crippen molar-refractivity contribution in [2.75, 3.05) is 6.54 Å². The van der Waals surface area contributed by atoms with Gasteiger partial charge in [-0.15, -0.1) is 0 Å². The number of carbonyl (C=O) groups excluding carboxylic acids is 1. The number of aromatic nitrogens is 2. The number of aliphatic carboxylic acids is 1. The van der Waals surface area contributed by atoms with E-state index in [0.29, 0.717) is 24.9 Å². The zero-order chi connectivity index (χ0) is 19.5. The van der Waals surface area contributed by atoms with Gasteiger partial charge in [0.2, 0.25) is 5.82 Å². The van der Waals surface area contributed by atoms with Crippen molar-refractivity contribution in [3.05, 3.63) is 29.6 Å². The number of alkyl halides is 3. The van der Waals surface area contributed by atoms with Gasteiger partial charge in [0.1, 0.15) is 0 Å². The second kappa shape index (κ2) is 7.76. The van der Waals surface area contributed by atoms with Crippen LogP contribution in [0, 0.1) is 0 Å². The normalized spacial score (nSPS) is 11.9. The molecule has 0 fully saturated rings. The molecule has 0 aliphatic rings. The van der Waals surface area contributed by atoms with Gasteiger partial charge in [-0.25, -0.2) is 4.98 Å². The zero-order valence-corrected chi connectivity index (χ0v) is 14.4. The van der Waals surface area contributed by atoms with Gasteiger partial charge in [0.05, 0.1) is 11.0 Å². The minimum Gasteiger partial charge on any atom is -0.481 e. The largest absolute Gasteiger partial charge is 0.481 e. The fourth-order valence-electron chi connectivity index (χ4n) is 2.67. The number of carbonyl (C=O) groups is 2. The molecule has 2 aromatic rings. The molecule has 0 saturated heterocycles. The van der Waals surface area contributed by atoms with Crippen LogP contribution in [0.4, 0.5) is 13.2 Å². The third-order valence-electron chi connectivity index (χ3n) is 3.82. The molecule has 1 amide bonds. The Labute approximate surface area is 148 Å². The Morgan fingerprint density at radius 3 is 2.54 bits per heavy atom. The summed E-state index contributed by atoms with van der Waals surface area (Å²) >= 11 is 0. The van der Waals surface area contributed by atoms with Crippen LogP contribution in [0.1, 0.15) is 55.3 Å². The van der Waals surface area contributed by atoms with Gasteiger partial charge >= 0.3 is 12.1 Å². The van der Waals surface area contributed by atoms with Crippen molar-refractivity contribution in [2.24, 2.45) is 0 Å². The fraction of sp³-hybridized carbons (Fsp3) is 0.471. The lowest BCUT2D eigenvalue weighted by molar-refractivity contribution is -0.147. The van der Waals surface area contributed by atoms with Crippen molar-refractivity contribution < 1.29 is 27.9 Å². The summed E-state index contributed by atoms with van der Waals surface area (Å²) in [6, 6.07) is 3.80. The van der Waals surface area contributed by atoms with Gasteiger partial charge in [0, 0.05) is 24.6 Å². The predicted octanol–water partition coefficient (Wildman–Crippen LogP) is 3.62. The summed E-state index contributed by atoms with van der Waals surface area (Å²) in [5.41, 5.74) is 0.618. The van der Waals surface area contributed by atoms with Gasteiger partial charge in [-0.3, -0.25) is 9.59 Å². The molecule has 1 heterocycles. The Balaban J connectivity index is 2.18. The molecule has 142 valence electrons. The van der Waals surface area contributed by atoms with E-state index in [2.05, 4.69) is 10.3 Å². The number of nitrogens with one attached hydrogen (secondary N) is 1. The Morgan fingerprint density at radius 2 is 1.96 bits per heavy atom. The van der Waals surface area contributed by atoms with Crippen molar-refractivity contribution in [3.8, 4) is 0 Å². The van der Waals surface area contributed by atoms with Crippen LogP contribution in [-0.2, 0) is 11.0 Å². The molecule has 0 saturated carbocycles. The molecule has 2 rings (SSSR count). The Kier molecular flexibility index (Phi) is 5.89. The van der Waals surface area contributed by atoms with Crippen LogP contribution in [-0.4, -0.2) is 33.1 Å². The first-order valence-corrected chi connectivity index (χ1v) is 8.20. The number of hydrogen-bond acceptors (Lipinski definition) is 3. The van der Waals surface area contributed by atoms with Crippen LogP contribution in [0.15, 0.2) is 18.2 Å². The molecule has 0 atom stereocenters. The van der Waals surface area contributed by atoms with Crippen molar-refractivity contribution in [2.45, 2.75) is 45.3 Å². The Bertz CT molecular complexity index is 813. The van der Waals surface area contributed by atoms with Crippen LogP contribution in [0.2, 0.25) is 0 Å². The first-order valence-electron chi connectivity index (χ1n) is 8.20. The number of carboxylic acids is 1. The average molecular weight is 371 g/mol. The number of amides is 1. The Morgan fingerprint density at radius 1 is 1.27 bits per heavy atom. The van der Waals surface area contributed by atoms with Crippen molar-refractivity contribution in [3.63, 3.8) is 0 Å². The average Bonchev–Trinajstić information content (AvgIpc) is 2.93.